The molecule has 1 aliphatic carbocycles. The standard InChI is InChI=1S/C23H26N4O6/c28-21(24-14-18-7-4-12-33-18)10-11-25-22(29)19-8-1-2-9-20(19)26(23(25)30)15-16-5-3-6-17(13-16)27(31)32/h3-7,12-13,19-20H,1-2,8-11,14-15H2,(H,24,28). The van der Waals surface area contributed by atoms with Crippen LogP contribution in [0.15, 0.2) is 47.1 Å². The summed E-state index contributed by atoms with van der Waals surface area (Å²) in [7, 11) is 0. The molecule has 33 heavy (non-hydrogen) atoms. The Kier molecular flexibility index (Phi) is 6.71. The van der Waals surface area contributed by atoms with Gasteiger partial charge in [-0.3, -0.25) is 24.6 Å². The molecule has 2 heterocycles. The van der Waals surface area contributed by atoms with E-state index < -0.39 is 11.0 Å². The van der Waals surface area contributed by atoms with Crippen molar-refractivity contribution < 1.29 is 23.7 Å². The topological polar surface area (TPSA) is 126 Å². The molecule has 1 saturated heterocycles. The van der Waals surface area contributed by atoms with Gasteiger partial charge >= 0.3 is 6.03 Å². The fraction of sp³-hybridized carbons (Fsp3) is 0.435. The van der Waals surface area contributed by atoms with Crippen LogP contribution in [0.25, 0.3) is 0 Å². The molecule has 2 atom stereocenters. The summed E-state index contributed by atoms with van der Waals surface area (Å²) in [4.78, 5) is 52.2. The highest BCUT2D eigenvalue weighted by molar-refractivity contribution is 5.99. The van der Waals surface area contributed by atoms with Crippen LogP contribution >= 0.6 is 0 Å². The number of non-ortho nitro benzene ring substituents is 1. The maximum absolute atomic E-state index is 13.3. The Hall–Kier alpha value is -3.69. The Morgan fingerprint density at radius 3 is 2.76 bits per heavy atom. The largest absolute Gasteiger partial charge is 0.467 e. The van der Waals surface area contributed by atoms with Crippen molar-refractivity contribution >= 4 is 23.5 Å². The van der Waals surface area contributed by atoms with Crippen LogP contribution in [0.4, 0.5) is 10.5 Å². The highest BCUT2D eigenvalue weighted by Gasteiger charge is 2.46. The third-order valence-corrected chi connectivity index (χ3v) is 6.27. The Morgan fingerprint density at radius 1 is 1.18 bits per heavy atom. The van der Waals surface area contributed by atoms with E-state index >= 15 is 0 Å². The van der Waals surface area contributed by atoms with Crippen LogP contribution in [0.3, 0.4) is 0 Å². The van der Waals surface area contributed by atoms with Crippen LogP contribution in [0.5, 0.6) is 0 Å². The zero-order valence-corrected chi connectivity index (χ0v) is 18.1. The number of hydrogen-bond donors (Lipinski definition) is 1. The zero-order chi connectivity index (χ0) is 23.4. The fourth-order valence-electron chi connectivity index (χ4n) is 4.62. The summed E-state index contributed by atoms with van der Waals surface area (Å²) in [5.74, 6) is -0.232. The van der Waals surface area contributed by atoms with Crippen LogP contribution < -0.4 is 5.32 Å². The van der Waals surface area contributed by atoms with Crippen LogP contribution in [-0.4, -0.2) is 45.2 Å². The lowest BCUT2D eigenvalue weighted by Crippen LogP contribution is -2.62. The second kappa shape index (κ2) is 9.85. The van der Waals surface area contributed by atoms with E-state index in [0.717, 1.165) is 17.7 Å². The molecule has 1 aliphatic heterocycles. The first-order valence-corrected chi connectivity index (χ1v) is 11.1. The number of imide groups is 1. The number of nitrogens with zero attached hydrogens (tertiary/aromatic N) is 3. The summed E-state index contributed by atoms with van der Waals surface area (Å²) < 4.78 is 5.18. The molecular formula is C23H26N4O6. The van der Waals surface area contributed by atoms with Crippen molar-refractivity contribution in [1.29, 1.82) is 0 Å². The normalized spacial score (nSPS) is 20.5. The fourth-order valence-corrected chi connectivity index (χ4v) is 4.62. The molecule has 2 unspecified atom stereocenters. The number of hydrogen-bond acceptors (Lipinski definition) is 6. The van der Waals surface area contributed by atoms with Gasteiger partial charge in [0.25, 0.3) is 5.69 Å². The highest BCUT2D eigenvalue weighted by atomic mass is 16.6. The maximum Gasteiger partial charge on any atom is 0.327 e. The number of rotatable bonds is 8. The molecule has 4 rings (SSSR count). The van der Waals surface area contributed by atoms with Crippen molar-refractivity contribution in [3.05, 3.63) is 64.1 Å². The Bertz CT molecular complexity index is 1040. The predicted molar refractivity (Wildman–Crippen MR) is 117 cm³/mol. The number of nitrogens with one attached hydrogen (secondary N) is 1. The van der Waals surface area contributed by atoms with Gasteiger partial charge in [-0.25, -0.2) is 4.79 Å². The monoisotopic (exact) mass is 454 g/mol. The van der Waals surface area contributed by atoms with E-state index in [9.17, 15) is 24.5 Å². The van der Waals surface area contributed by atoms with Gasteiger partial charge in [-0.15, -0.1) is 0 Å². The second-order valence-corrected chi connectivity index (χ2v) is 8.39. The summed E-state index contributed by atoms with van der Waals surface area (Å²) in [5, 5.41) is 13.9. The number of urea groups is 1. The van der Waals surface area contributed by atoms with Crippen LogP contribution in [0.1, 0.15) is 43.4 Å². The molecule has 2 fully saturated rings. The van der Waals surface area contributed by atoms with E-state index in [2.05, 4.69) is 5.32 Å². The molecule has 4 amide bonds. The van der Waals surface area contributed by atoms with Gasteiger partial charge in [0.05, 0.1) is 23.6 Å². The van der Waals surface area contributed by atoms with Crippen LogP contribution in [-0.2, 0) is 22.7 Å². The first-order chi connectivity index (χ1) is 15.9. The number of benzene rings is 1. The van der Waals surface area contributed by atoms with E-state index in [1.807, 2.05) is 0 Å². The first kappa shape index (κ1) is 22.5. The van der Waals surface area contributed by atoms with E-state index in [0.29, 0.717) is 24.2 Å². The Balaban J connectivity index is 1.46. The number of carbonyl (C=O) groups excluding carboxylic acids is 3. The number of carbonyl (C=O) groups is 3. The van der Waals surface area contributed by atoms with E-state index in [1.165, 1.54) is 18.4 Å². The SMILES string of the molecule is O=C(CCN1C(=O)C2CCCCC2N(Cc2cccc([N+](=O)[O-])c2)C1=O)NCc1ccco1. The number of nitro groups is 1. The van der Waals surface area contributed by atoms with Crippen molar-refractivity contribution in [3.8, 4) is 0 Å². The molecule has 1 aromatic heterocycles. The van der Waals surface area contributed by atoms with Gasteiger partial charge in [0, 0.05) is 37.7 Å². The minimum absolute atomic E-state index is 0.0137. The average molecular weight is 454 g/mol. The molecule has 1 aromatic carbocycles. The molecule has 10 nitrogen and oxygen atoms in total. The maximum atomic E-state index is 13.3. The Morgan fingerprint density at radius 2 is 2.00 bits per heavy atom. The summed E-state index contributed by atoms with van der Waals surface area (Å²) >= 11 is 0. The summed E-state index contributed by atoms with van der Waals surface area (Å²) in [6.45, 7) is 0.393. The first-order valence-electron chi connectivity index (χ1n) is 11.1. The zero-order valence-electron chi connectivity index (χ0n) is 18.1. The van der Waals surface area contributed by atoms with Gasteiger partial charge in [0.1, 0.15) is 5.76 Å². The van der Waals surface area contributed by atoms with E-state index in [4.69, 9.17) is 4.42 Å². The lowest BCUT2D eigenvalue weighted by atomic mass is 9.81. The summed E-state index contributed by atoms with van der Waals surface area (Å²) in [5.41, 5.74) is 0.589. The van der Waals surface area contributed by atoms with E-state index in [-0.39, 0.29) is 55.5 Å². The minimum Gasteiger partial charge on any atom is -0.467 e. The molecule has 0 spiro atoms. The number of furan rings is 1. The molecule has 0 radical (unpaired) electrons. The van der Waals surface area contributed by atoms with Crippen molar-refractivity contribution in [3.63, 3.8) is 0 Å². The van der Waals surface area contributed by atoms with E-state index in [1.54, 1.807) is 29.2 Å². The molecular weight excluding hydrogens is 428 g/mol. The average Bonchev–Trinajstić information content (AvgIpc) is 3.34. The van der Waals surface area contributed by atoms with Crippen LogP contribution in [0.2, 0.25) is 0 Å². The minimum atomic E-state index is -0.470. The van der Waals surface area contributed by atoms with Crippen molar-refractivity contribution in [2.45, 2.75) is 51.2 Å². The second-order valence-electron chi connectivity index (χ2n) is 8.39. The predicted octanol–water partition coefficient (Wildman–Crippen LogP) is 3.22. The number of fused-ring (bicyclic) bond motifs is 1. The van der Waals surface area contributed by atoms with Crippen molar-refractivity contribution in [1.82, 2.24) is 15.1 Å². The van der Waals surface area contributed by atoms with Gasteiger partial charge in [-0.2, -0.15) is 0 Å². The smallest absolute Gasteiger partial charge is 0.327 e. The summed E-state index contributed by atoms with van der Waals surface area (Å²) in [6, 6.07) is 8.97. The van der Waals surface area contributed by atoms with Gasteiger partial charge in [0.15, 0.2) is 0 Å². The lowest BCUT2D eigenvalue weighted by molar-refractivity contribution is -0.384. The molecule has 10 heteroatoms. The van der Waals surface area contributed by atoms with Crippen molar-refractivity contribution in [2.75, 3.05) is 6.54 Å². The third-order valence-electron chi connectivity index (χ3n) is 6.27. The molecule has 2 aliphatic rings. The lowest BCUT2D eigenvalue weighted by Gasteiger charge is -2.46. The van der Waals surface area contributed by atoms with Gasteiger partial charge in [-0.05, 0) is 30.5 Å². The molecule has 0 bridgehead atoms. The highest BCUT2D eigenvalue weighted by Crippen LogP contribution is 2.35. The quantitative estimate of drug-likeness (QED) is 0.482. The van der Waals surface area contributed by atoms with Crippen LogP contribution in [0, 0.1) is 16.0 Å². The number of nitro benzene ring substituents is 1. The van der Waals surface area contributed by atoms with Crippen molar-refractivity contribution in [2.24, 2.45) is 5.92 Å². The Labute approximate surface area is 190 Å². The molecule has 174 valence electrons. The third kappa shape index (κ3) is 5.05. The molecule has 1 N–H and O–H groups in total. The molecule has 1 saturated carbocycles. The van der Waals surface area contributed by atoms with Gasteiger partial charge in [0.2, 0.25) is 11.8 Å². The van der Waals surface area contributed by atoms with Gasteiger partial charge < -0.3 is 14.6 Å². The number of amides is 4. The van der Waals surface area contributed by atoms with Gasteiger partial charge in [-0.1, -0.05) is 25.0 Å². The molecule has 2 aromatic rings. The summed E-state index contributed by atoms with van der Waals surface area (Å²) in [6.07, 6.45) is 4.73.